The smallest absolute Gasteiger partial charge is 0.156 e. The number of allylic oxidation sites excluding steroid dienone is 8. The zero-order chi connectivity index (χ0) is 29.7. The van der Waals surface area contributed by atoms with Crippen LogP contribution in [0.15, 0.2) is 110 Å². The van der Waals surface area contributed by atoms with Gasteiger partial charge in [-0.25, -0.2) is 13.9 Å². The summed E-state index contributed by atoms with van der Waals surface area (Å²) < 4.78 is 15.5. The number of halogens is 1. The predicted molar refractivity (Wildman–Crippen MR) is 168 cm³/mol. The highest BCUT2D eigenvalue weighted by molar-refractivity contribution is 5.68. The molecule has 6 heteroatoms. The second-order valence-corrected chi connectivity index (χ2v) is 9.08. The fraction of sp³-hybridized carbons (Fsp3) is 0.273. The number of hydrogen-bond donors (Lipinski definition) is 2. The van der Waals surface area contributed by atoms with Crippen LogP contribution in [-0.4, -0.2) is 27.2 Å². The van der Waals surface area contributed by atoms with Gasteiger partial charge < -0.3 is 10.6 Å². The highest BCUT2D eigenvalue weighted by Gasteiger charge is 2.14. The second-order valence-electron chi connectivity index (χ2n) is 9.08. The molecule has 2 rings (SSSR count). The van der Waals surface area contributed by atoms with Crippen molar-refractivity contribution in [1.29, 1.82) is 0 Å². The monoisotopic (exact) mass is 529 g/mol. The van der Waals surface area contributed by atoms with Crippen molar-refractivity contribution >= 4 is 17.0 Å². The maximum Gasteiger partial charge on any atom is 0.156 e. The van der Waals surface area contributed by atoms with Crippen LogP contribution in [0.5, 0.6) is 0 Å². The Morgan fingerprint density at radius 3 is 2.26 bits per heavy atom. The molecule has 0 aliphatic heterocycles. The first kappa shape index (κ1) is 32.8. The summed E-state index contributed by atoms with van der Waals surface area (Å²) in [7, 11) is 0. The molecule has 5 nitrogen and oxygen atoms in total. The molecular weight excluding hydrogens is 485 g/mol. The summed E-state index contributed by atoms with van der Waals surface area (Å²) in [6.07, 6.45) is 10.6. The zero-order valence-electron chi connectivity index (χ0n) is 24.7. The third-order valence-corrected chi connectivity index (χ3v) is 5.72. The average molecular weight is 530 g/mol. The summed E-state index contributed by atoms with van der Waals surface area (Å²) in [5.74, 6) is -0.268. The van der Waals surface area contributed by atoms with E-state index >= 15 is 0 Å². The van der Waals surface area contributed by atoms with Crippen molar-refractivity contribution in [1.82, 2.24) is 25.2 Å². The molecule has 0 bridgehead atoms. The van der Waals surface area contributed by atoms with Gasteiger partial charge in [0.1, 0.15) is 5.83 Å². The van der Waals surface area contributed by atoms with Gasteiger partial charge in [-0.2, -0.15) is 5.10 Å². The Balaban J connectivity index is 0.00000371. The molecule has 1 atom stereocenters. The Morgan fingerprint density at radius 2 is 1.67 bits per heavy atom. The first-order chi connectivity index (χ1) is 18.5. The lowest BCUT2D eigenvalue weighted by atomic mass is 10.1. The highest BCUT2D eigenvalue weighted by Crippen LogP contribution is 2.19. The lowest BCUT2D eigenvalue weighted by Crippen LogP contribution is -2.26. The molecule has 1 unspecified atom stereocenters. The van der Waals surface area contributed by atoms with Crippen molar-refractivity contribution in [3.63, 3.8) is 0 Å². The molecule has 0 saturated carbocycles. The Bertz CT molecular complexity index is 1330. The van der Waals surface area contributed by atoms with Gasteiger partial charge in [-0.1, -0.05) is 82.7 Å². The standard InChI is InChI=1S/C31H38FN5.C2H6/c1-11-27(12-2)15-14-22(6)24(8)34-25(9)29-18-30(37-31(35-29)17-23(7)36-37)26(10)33-19-21(5)13-16-28(32)20(3)4;1-2/h11-18,24,33-34H,1-2,5,9-10,19H2,3-4,6-8H3;1-2H3/b16-13-,22-14+;. The molecule has 2 aromatic heterocycles. The molecule has 0 amide bonds. The Labute approximate surface area is 234 Å². The fourth-order valence-electron chi connectivity index (χ4n) is 3.23. The first-order valence-electron chi connectivity index (χ1n) is 13.0. The van der Waals surface area contributed by atoms with Gasteiger partial charge in [0.25, 0.3) is 0 Å². The molecule has 0 aliphatic rings. The fourth-order valence-corrected chi connectivity index (χ4v) is 3.23. The van der Waals surface area contributed by atoms with E-state index in [4.69, 9.17) is 4.98 Å². The van der Waals surface area contributed by atoms with Crippen molar-refractivity contribution in [3.05, 3.63) is 127 Å². The van der Waals surface area contributed by atoms with Gasteiger partial charge in [0.05, 0.1) is 28.5 Å². The third kappa shape index (κ3) is 9.89. The maximum absolute atomic E-state index is 13.8. The van der Waals surface area contributed by atoms with Crippen molar-refractivity contribution in [2.75, 3.05) is 6.54 Å². The van der Waals surface area contributed by atoms with Crippen LogP contribution >= 0.6 is 0 Å². The minimum atomic E-state index is -0.268. The highest BCUT2D eigenvalue weighted by atomic mass is 19.1. The topological polar surface area (TPSA) is 54.2 Å². The number of fused-ring (bicyclic) bond motifs is 1. The maximum atomic E-state index is 13.8. The van der Waals surface area contributed by atoms with Crippen molar-refractivity contribution < 1.29 is 4.39 Å². The largest absolute Gasteiger partial charge is 0.380 e. The van der Waals surface area contributed by atoms with Crippen LogP contribution in [0.1, 0.15) is 58.6 Å². The van der Waals surface area contributed by atoms with E-state index < -0.39 is 0 Å². The SMILES string of the molecule is C=CC(C=C)=C/C=C(\C)C(C)NC(=C)c1cc(C(=C)NCC(=C)/C=C\C(F)=C(C)C)n2nc(C)cc2n1.CC. The average Bonchev–Trinajstić information content (AvgIpc) is 3.30. The predicted octanol–water partition coefficient (Wildman–Crippen LogP) is 8.19. The van der Waals surface area contributed by atoms with Crippen molar-refractivity contribution in [2.45, 2.75) is 54.5 Å². The number of aryl methyl sites for hydroxylation is 1. The third-order valence-electron chi connectivity index (χ3n) is 5.72. The van der Waals surface area contributed by atoms with Crippen LogP contribution in [0.3, 0.4) is 0 Å². The van der Waals surface area contributed by atoms with Crippen LogP contribution in [-0.2, 0) is 0 Å². The van der Waals surface area contributed by atoms with Crippen LogP contribution in [0.25, 0.3) is 17.0 Å². The molecule has 2 aromatic rings. The summed E-state index contributed by atoms with van der Waals surface area (Å²) >= 11 is 0. The molecule has 39 heavy (non-hydrogen) atoms. The molecule has 2 heterocycles. The van der Waals surface area contributed by atoms with Crippen molar-refractivity contribution in [2.24, 2.45) is 0 Å². The number of hydrogen-bond acceptors (Lipinski definition) is 4. The number of nitrogens with one attached hydrogen (secondary N) is 2. The van der Waals surface area contributed by atoms with Gasteiger partial charge in [-0.15, -0.1) is 0 Å². The number of rotatable bonds is 13. The molecule has 208 valence electrons. The van der Waals surface area contributed by atoms with E-state index in [1.165, 1.54) is 6.08 Å². The summed E-state index contributed by atoms with van der Waals surface area (Å²) in [4.78, 5) is 4.75. The van der Waals surface area contributed by atoms with E-state index in [0.717, 1.165) is 22.5 Å². The van der Waals surface area contributed by atoms with E-state index in [1.54, 1.807) is 36.6 Å². The van der Waals surface area contributed by atoms with Gasteiger partial charge in [0, 0.05) is 18.7 Å². The molecule has 0 saturated heterocycles. The van der Waals surface area contributed by atoms with E-state index in [2.05, 4.69) is 55.6 Å². The molecule has 0 aliphatic carbocycles. The summed E-state index contributed by atoms with van der Waals surface area (Å²) in [6.45, 7) is 33.9. The minimum Gasteiger partial charge on any atom is -0.380 e. The zero-order valence-corrected chi connectivity index (χ0v) is 24.7. The van der Waals surface area contributed by atoms with Gasteiger partial charge in [-0.3, -0.25) is 0 Å². The summed E-state index contributed by atoms with van der Waals surface area (Å²) in [6, 6.07) is 3.82. The Morgan fingerprint density at radius 1 is 1.03 bits per heavy atom. The number of nitrogens with zero attached hydrogens (tertiary/aromatic N) is 3. The molecular formula is C33H44FN5. The quantitative estimate of drug-likeness (QED) is 0.257. The van der Waals surface area contributed by atoms with E-state index in [-0.39, 0.29) is 11.9 Å². The van der Waals surface area contributed by atoms with Gasteiger partial charge >= 0.3 is 0 Å². The Kier molecular flexibility index (Phi) is 13.4. The van der Waals surface area contributed by atoms with Crippen LogP contribution in [0.2, 0.25) is 0 Å². The molecule has 2 N–H and O–H groups in total. The van der Waals surface area contributed by atoms with Gasteiger partial charge in [-0.05, 0) is 63.5 Å². The number of aromatic nitrogens is 3. The van der Waals surface area contributed by atoms with Crippen LogP contribution in [0.4, 0.5) is 4.39 Å². The van der Waals surface area contributed by atoms with Crippen LogP contribution < -0.4 is 10.6 Å². The summed E-state index contributed by atoms with van der Waals surface area (Å²) in [5, 5.41) is 11.3. The first-order valence-corrected chi connectivity index (χ1v) is 13.0. The molecule has 0 radical (unpaired) electrons. The Hall–Kier alpha value is -4.19. The normalized spacial score (nSPS) is 11.6. The summed E-state index contributed by atoms with van der Waals surface area (Å²) in [5.41, 5.74) is 7.66. The van der Waals surface area contributed by atoms with Gasteiger partial charge in [0.2, 0.25) is 0 Å². The second kappa shape index (κ2) is 15.9. The van der Waals surface area contributed by atoms with E-state index in [9.17, 15) is 4.39 Å². The lowest BCUT2D eigenvalue weighted by Gasteiger charge is -2.19. The lowest BCUT2D eigenvalue weighted by molar-refractivity contribution is 0.654. The van der Waals surface area contributed by atoms with Crippen LogP contribution in [0, 0.1) is 6.92 Å². The molecule has 0 fully saturated rings. The molecule has 0 spiro atoms. The minimum absolute atomic E-state index is 0.0189. The van der Waals surface area contributed by atoms with Crippen molar-refractivity contribution in [3.8, 4) is 0 Å². The molecule has 0 aromatic carbocycles. The van der Waals surface area contributed by atoms with E-state index in [0.29, 0.717) is 40.4 Å². The van der Waals surface area contributed by atoms with E-state index in [1.807, 2.05) is 52.0 Å². The van der Waals surface area contributed by atoms with Gasteiger partial charge in [0.15, 0.2) is 5.65 Å².